The number of nitrogens with zero attached hydrogens (tertiary/aromatic N) is 2. The lowest BCUT2D eigenvalue weighted by Crippen LogP contribution is -2.13. The highest BCUT2D eigenvalue weighted by Gasteiger charge is 2.21. The number of nitrogens with one attached hydrogen (secondary N) is 3. The number of hydrogen-bond acceptors (Lipinski definition) is 5. The third-order valence-electron chi connectivity index (χ3n) is 4.57. The predicted molar refractivity (Wildman–Crippen MR) is 128 cm³/mol. The van der Waals surface area contributed by atoms with Gasteiger partial charge in [0.1, 0.15) is 17.1 Å². The summed E-state index contributed by atoms with van der Waals surface area (Å²) < 4.78 is 5.19. The molecule has 1 amide bonds. The Labute approximate surface area is 190 Å². The van der Waals surface area contributed by atoms with Crippen molar-refractivity contribution in [3.63, 3.8) is 0 Å². The van der Waals surface area contributed by atoms with Crippen LogP contribution in [0.4, 0.5) is 23.0 Å². The molecule has 0 aliphatic carbocycles. The van der Waals surface area contributed by atoms with Gasteiger partial charge in [-0.05, 0) is 54.1 Å². The third kappa shape index (κ3) is 5.14. The maximum atomic E-state index is 13.2. The van der Waals surface area contributed by atoms with Crippen molar-refractivity contribution in [1.82, 2.24) is 10.2 Å². The summed E-state index contributed by atoms with van der Waals surface area (Å²) >= 11 is 5.94. The van der Waals surface area contributed by atoms with E-state index in [1.165, 1.54) is 0 Å². The fourth-order valence-electron chi connectivity index (χ4n) is 2.95. The number of carbonyl (C=O) groups excluding carboxylic acids is 1. The molecular formula is C24H20ClN5O2. The Balaban J connectivity index is 1.65. The van der Waals surface area contributed by atoms with Crippen LogP contribution in [-0.2, 0) is 0 Å². The SMILES string of the molecule is COc1ccc(Nc2[nH]nc(N=Cc3ccccc3)c2C(=O)Nc2ccc(Cl)cc2)cc1. The number of halogens is 1. The number of hydrogen-bond donors (Lipinski definition) is 3. The Morgan fingerprint density at radius 1 is 1.00 bits per heavy atom. The molecule has 0 radical (unpaired) electrons. The first-order chi connectivity index (χ1) is 15.6. The first-order valence-electron chi connectivity index (χ1n) is 9.78. The number of aromatic nitrogens is 2. The molecule has 4 aromatic rings. The minimum atomic E-state index is -0.364. The lowest BCUT2D eigenvalue weighted by molar-refractivity contribution is 0.102. The van der Waals surface area contributed by atoms with Crippen LogP contribution in [0, 0.1) is 0 Å². The molecule has 0 aliphatic rings. The monoisotopic (exact) mass is 445 g/mol. The number of anilines is 3. The van der Waals surface area contributed by atoms with Gasteiger partial charge in [0.2, 0.25) is 0 Å². The van der Waals surface area contributed by atoms with Gasteiger partial charge >= 0.3 is 0 Å². The molecule has 1 heterocycles. The summed E-state index contributed by atoms with van der Waals surface area (Å²) in [6, 6.07) is 23.8. The van der Waals surface area contributed by atoms with Gasteiger partial charge in [-0.25, -0.2) is 4.99 Å². The molecule has 3 N–H and O–H groups in total. The normalized spacial score (nSPS) is 10.8. The van der Waals surface area contributed by atoms with Crippen LogP contribution < -0.4 is 15.4 Å². The zero-order chi connectivity index (χ0) is 22.3. The van der Waals surface area contributed by atoms with Gasteiger partial charge in [-0.1, -0.05) is 41.9 Å². The number of benzene rings is 3. The zero-order valence-electron chi connectivity index (χ0n) is 17.2. The number of amides is 1. The van der Waals surface area contributed by atoms with Crippen molar-refractivity contribution < 1.29 is 9.53 Å². The van der Waals surface area contributed by atoms with Gasteiger partial charge in [0.05, 0.1) is 7.11 Å². The van der Waals surface area contributed by atoms with Gasteiger partial charge in [-0.2, -0.15) is 5.10 Å². The molecule has 0 fully saturated rings. The van der Waals surface area contributed by atoms with Crippen molar-refractivity contribution in [3.8, 4) is 5.75 Å². The summed E-state index contributed by atoms with van der Waals surface area (Å²) in [5.41, 5.74) is 2.54. The Morgan fingerprint density at radius 2 is 1.69 bits per heavy atom. The van der Waals surface area contributed by atoms with E-state index in [1.54, 1.807) is 37.6 Å². The van der Waals surface area contributed by atoms with Gasteiger partial charge in [-0.15, -0.1) is 0 Å². The van der Waals surface area contributed by atoms with Gasteiger partial charge in [-0.3, -0.25) is 9.89 Å². The van der Waals surface area contributed by atoms with E-state index >= 15 is 0 Å². The number of rotatable bonds is 7. The molecule has 0 unspecified atom stereocenters. The van der Waals surface area contributed by atoms with Crippen LogP contribution >= 0.6 is 11.6 Å². The Hall–Kier alpha value is -4.10. The molecule has 0 aliphatic heterocycles. The highest BCUT2D eigenvalue weighted by Crippen LogP contribution is 2.28. The number of ether oxygens (including phenoxy) is 1. The average molecular weight is 446 g/mol. The Kier molecular flexibility index (Phi) is 6.48. The van der Waals surface area contributed by atoms with Crippen LogP contribution in [0.3, 0.4) is 0 Å². The molecule has 0 saturated carbocycles. The van der Waals surface area contributed by atoms with Gasteiger partial charge in [0, 0.05) is 22.6 Å². The van der Waals surface area contributed by atoms with Crippen LogP contribution in [0.5, 0.6) is 5.75 Å². The molecular weight excluding hydrogens is 426 g/mol. The number of methoxy groups -OCH3 is 1. The van der Waals surface area contributed by atoms with Crippen molar-refractivity contribution in [1.29, 1.82) is 0 Å². The lowest BCUT2D eigenvalue weighted by Gasteiger charge is -2.09. The second-order valence-electron chi connectivity index (χ2n) is 6.78. The van der Waals surface area contributed by atoms with E-state index in [9.17, 15) is 4.79 Å². The molecule has 0 bridgehead atoms. The molecule has 0 saturated heterocycles. The quantitative estimate of drug-likeness (QED) is 0.312. The molecule has 0 atom stereocenters. The van der Waals surface area contributed by atoms with E-state index in [4.69, 9.17) is 16.3 Å². The molecule has 4 rings (SSSR count). The van der Waals surface area contributed by atoms with Crippen molar-refractivity contribution in [2.45, 2.75) is 0 Å². The van der Waals surface area contributed by atoms with Crippen molar-refractivity contribution in [2.75, 3.05) is 17.7 Å². The van der Waals surface area contributed by atoms with Crippen molar-refractivity contribution in [3.05, 3.63) is 95.0 Å². The second-order valence-corrected chi connectivity index (χ2v) is 7.22. The zero-order valence-corrected chi connectivity index (χ0v) is 17.9. The summed E-state index contributed by atoms with van der Waals surface area (Å²) in [5.74, 6) is 1.05. The summed E-state index contributed by atoms with van der Waals surface area (Å²) in [6.07, 6.45) is 1.66. The van der Waals surface area contributed by atoms with Crippen LogP contribution in [0.25, 0.3) is 0 Å². The minimum Gasteiger partial charge on any atom is -0.497 e. The number of carbonyl (C=O) groups is 1. The van der Waals surface area contributed by atoms with E-state index in [0.29, 0.717) is 16.5 Å². The second kappa shape index (κ2) is 9.80. The van der Waals surface area contributed by atoms with E-state index in [2.05, 4.69) is 25.8 Å². The third-order valence-corrected chi connectivity index (χ3v) is 4.82. The maximum absolute atomic E-state index is 13.2. The van der Waals surface area contributed by atoms with Crippen LogP contribution in [0.2, 0.25) is 5.02 Å². The molecule has 8 heteroatoms. The van der Waals surface area contributed by atoms with Crippen molar-refractivity contribution in [2.24, 2.45) is 4.99 Å². The average Bonchev–Trinajstić information content (AvgIpc) is 3.23. The molecule has 3 aromatic carbocycles. The Morgan fingerprint density at radius 3 is 2.38 bits per heavy atom. The Bertz CT molecular complexity index is 1220. The summed E-state index contributed by atoms with van der Waals surface area (Å²) in [7, 11) is 1.60. The molecule has 7 nitrogen and oxygen atoms in total. The summed E-state index contributed by atoms with van der Waals surface area (Å²) in [4.78, 5) is 17.6. The molecule has 32 heavy (non-hydrogen) atoms. The number of H-pyrrole nitrogens is 1. The van der Waals surface area contributed by atoms with E-state index in [-0.39, 0.29) is 17.3 Å². The van der Waals surface area contributed by atoms with Gasteiger partial charge in [0.25, 0.3) is 5.91 Å². The standard InChI is InChI=1S/C24H20ClN5O2/c1-32-20-13-11-18(12-14-20)27-23-21(24(31)28-19-9-7-17(25)8-10-19)22(29-30-23)26-15-16-5-3-2-4-6-16/h2-15H,1H3,(H,28,31)(H2,27,29,30). The maximum Gasteiger partial charge on any atom is 0.263 e. The fraction of sp³-hybridized carbons (Fsp3) is 0.0417. The van der Waals surface area contributed by atoms with Crippen molar-refractivity contribution >= 4 is 46.7 Å². The minimum absolute atomic E-state index is 0.260. The van der Waals surface area contributed by atoms with E-state index in [1.807, 2.05) is 54.6 Å². The molecule has 160 valence electrons. The highest BCUT2D eigenvalue weighted by molar-refractivity contribution is 6.30. The van der Waals surface area contributed by atoms with E-state index in [0.717, 1.165) is 17.0 Å². The number of aliphatic imine (C=N–C) groups is 1. The van der Waals surface area contributed by atoms with Gasteiger partial charge < -0.3 is 15.4 Å². The van der Waals surface area contributed by atoms with Crippen LogP contribution in [0.15, 0.2) is 83.9 Å². The molecule has 1 aromatic heterocycles. The first-order valence-corrected chi connectivity index (χ1v) is 10.2. The lowest BCUT2D eigenvalue weighted by atomic mass is 10.2. The van der Waals surface area contributed by atoms with Gasteiger partial charge in [0.15, 0.2) is 5.82 Å². The fourth-order valence-corrected chi connectivity index (χ4v) is 3.08. The van der Waals surface area contributed by atoms with E-state index < -0.39 is 0 Å². The first kappa shape index (κ1) is 21.1. The summed E-state index contributed by atoms with van der Waals surface area (Å²) in [5, 5.41) is 13.8. The van der Waals surface area contributed by atoms with Crippen LogP contribution in [-0.4, -0.2) is 29.4 Å². The highest BCUT2D eigenvalue weighted by atomic mass is 35.5. The molecule has 0 spiro atoms. The summed E-state index contributed by atoms with van der Waals surface area (Å²) in [6.45, 7) is 0. The number of aromatic amines is 1. The van der Waals surface area contributed by atoms with Crippen LogP contribution in [0.1, 0.15) is 15.9 Å². The topological polar surface area (TPSA) is 91.4 Å². The largest absolute Gasteiger partial charge is 0.497 e. The smallest absolute Gasteiger partial charge is 0.263 e. The predicted octanol–water partition coefficient (Wildman–Crippen LogP) is 5.82.